The molecule has 1 saturated heterocycles. The lowest BCUT2D eigenvalue weighted by atomic mass is 10.0. The Morgan fingerprint density at radius 1 is 1.36 bits per heavy atom. The van der Waals surface area contributed by atoms with Crippen LogP contribution in [0.2, 0.25) is 0 Å². The third-order valence-corrected chi connectivity index (χ3v) is 4.29. The summed E-state index contributed by atoms with van der Waals surface area (Å²) in [6, 6.07) is 8.38. The van der Waals surface area contributed by atoms with Gasteiger partial charge in [-0.2, -0.15) is 10.4 Å². The highest BCUT2D eigenvalue weighted by molar-refractivity contribution is 5.54. The smallest absolute Gasteiger partial charge is 0.146 e. The zero-order valence-corrected chi connectivity index (χ0v) is 13.2. The molecule has 0 saturated carbocycles. The highest BCUT2D eigenvalue weighted by Crippen LogP contribution is 2.26. The summed E-state index contributed by atoms with van der Waals surface area (Å²) in [5.41, 5.74) is 2.89. The number of pyridine rings is 1. The maximum Gasteiger partial charge on any atom is 0.146 e. The Morgan fingerprint density at radius 2 is 2.23 bits per heavy atom. The summed E-state index contributed by atoms with van der Waals surface area (Å²) < 4.78 is 2.08. The van der Waals surface area contributed by atoms with E-state index in [0.717, 1.165) is 37.4 Å². The lowest BCUT2D eigenvalue weighted by Gasteiger charge is -2.37. The van der Waals surface area contributed by atoms with Gasteiger partial charge in [0.2, 0.25) is 0 Å². The number of nitrogens with zero attached hydrogens (tertiary/aromatic N) is 5. The van der Waals surface area contributed by atoms with Gasteiger partial charge in [0.05, 0.1) is 23.8 Å². The van der Waals surface area contributed by atoms with Gasteiger partial charge < -0.3 is 4.90 Å². The molecule has 0 radical (unpaired) electrons. The van der Waals surface area contributed by atoms with Crippen LogP contribution in [0.4, 0.5) is 5.82 Å². The predicted octanol–water partition coefficient (Wildman–Crippen LogP) is 2.83. The number of aryl methyl sites for hydroxylation is 2. The van der Waals surface area contributed by atoms with Crippen LogP contribution in [0.25, 0.3) is 0 Å². The first kappa shape index (κ1) is 14.6. The largest absolute Gasteiger partial charge is 0.351 e. The number of aromatic nitrogens is 3. The molecule has 3 heterocycles. The van der Waals surface area contributed by atoms with Crippen molar-refractivity contribution in [2.24, 2.45) is 0 Å². The van der Waals surface area contributed by atoms with Crippen molar-refractivity contribution in [1.29, 1.82) is 5.26 Å². The van der Waals surface area contributed by atoms with Crippen LogP contribution >= 0.6 is 0 Å². The number of hydrogen-bond acceptors (Lipinski definition) is 4. The summed E-state index contributed by atoms with van der Waals surface area (Å²) in [7, 11) is 0. The second kappa shape index (κ2) is 6.18. The average Bonchev–Trinajstić information content (AvgIpc) is 2.85. The van der Waals surface area contributed by atoms with Crippen LogP contribution in [0.3, 0.4) is 0 Å². The third kappa shape index (κ3) is 2.82. The zero-order chi connectivity index (χ0) is 15.5. The van der Waals surface area contributed by atoms with Crippen LogP contribution in [0.5, 0.6) is 0 Å². The van der Waals surface area contributed by atoms with Gasteiger partial charge in [-0.25, -0.2) is 4.98 Å². The Hall–Kier alpha value is -2.35. The first-order chi connectivity index (χ1) is 10.7. The van der Waals surface area contributed by atoms with Crippen LogP contribution in [-0.4, -0.2) is 27.4 Å². The highest BCUT2D eigenvalue weighted by atomic mass is 15.3. The molecule has 0 amide bonds. The van der Waals surface area contributed by atoms with Gasteiger partial charge in [-0.1, -0.05) is 0 Å². The Balaban J connectivity index is 1.88. The molecule has 0 aliphatic carbocycles. The molecule has 1 aliphatic rings. The van der Waals surface area contributed by atoms with E-state index >= 15 is 0 Å². The van der Waals surface area contributed by atoms with E-state index in [9.17, 15) is 5.26 Å². The quantitative estimate of drug-likeness (QED) is 0.873. The Morgan fingerprint density at radius 3 is 2.95 bits per heavy atom. The van der Waals surface area contributed by atoms with Gasteiger partial charge >= 0.3 is 0 Å². The van der Waals surface area contributed by atoms with Crippen LogP contribution in [0, 0.1) is 25.2 Å². The van der Waals surface area contributed by atoms with Gasteiger partial charge in [-0.15, -0.1) is 0 Å². The summed E-state index contributed by atoms with van der Waals surface area (Å²) in [6.45, 7) is 5.92. The van der Waals surface area contributed by atoms with Crippen LogP contribution in [-0.2, 0) is 6.54 Å². The van der Waals surface area contributed by atoms with E-state index < -0.39 is 0 Å². The molecule has 0 aromatic carbocycles. The number of hydrogen-bond donors (Lipinski definition) is 0. The number of anilines is 1. The second-order valence-electron chi connectivity index (χ2n) is 5.94. The summed E-state index contributed by atoms with van der Waals surface area (Å²) in [5.74, 6) is 0.816. The molecule has 0 N–H and O–H groups in total. The van der Waals surface area contributed by atoms with Gasteiger partial charge in [0, 0.05) is 18.4 Å². The van der Waals surface area contributed by atoms with Gasteiger partial charge in [0.1, 0.15) is 11.9 Å². The fraction of sp³-hybridized carbons (Fsp3) is 0.471. The van der Waals surface area contributed by atoms with Crippen molar-refractivity contribution in [1.82, 2.24) is 14.8 Å². The number of piperidine rings is 1. The molecule has 0 bridgehead atoms. The maximum atomic E-state index is 9.34. The Bertz CT molecular complexity index is 697. The van der Waals surface area contributed by atoms with E-state index in [1.807, 2.05) is 19.1 Å². The van der Waals surface area contributed by atoms with Crippen molar-refractivity contribution in [2.45, 2.75) is 45.7 Å². The second-order valence-corrected chi connectivity index (χ2v) is 5.94. The first-order valence-corrected chi connectivity index (χ1v) is 7.82. The molecule has 5 heteroatoms. The van der Waals surface area contributed by atoms with E-state index in [1.165, 1.54) is 12.1 Å². The molecule has 2 aromatic heterocycles. The minimum absolute atomic E-state index is 0.341. The molecular formula is C17H21N5. The van der Waals surface area contributed by atoms with E-state index in [1.54, 1.807) is 6.20 Å². The van der Waals surface area contributed by atoms with Crippen molar-refractivity contribution in [3.05, 3.63) is 41.3 Å². The SMILES string of the molecule is Cc1cc(C)n(CC2CCCCN2c2ncccc2C#N)n1. The topological polar surface area (TPSA) is 57.7 Å². The van der Waals surface area contributed by atoms with Crippen molar-refractivity contribution in [3.8, 4) is 6.07 Å². The summed E-state index contributed by atoms with van der Waals surface area (Å²) in [5, 5.41) is 13.9. The van der Waals surface area contributed by atoms with Gasteiger partial charge in [0.15, 0.2) is 0 Å². The molecule has 0 spiro atoms. The fourth-order valence-corrected chi connectivity index (χ4v) is 3.24. The van der Waals surface area contributed by atoms with E-state index in [0.29, 0.717) is 11.6 Å². The molecular weight excluding hydrogens is 274 g/mol. The Labute approximate surface area is 131 Å². The fourth-order valence-electron chi connectivity index (χ4n) is 3.24. The van der Waals surface area contributed by atoms with Crippen LogP contribution in [0.1, 0.15) is 36.2 Å². The molecule has 1 aliphatic heterocycles. The first-order valence-electron chi connectivity index (χ1n) is 7.82. The number of nitriles is 1. The summed E-state index contributed by atoms with van der Waals surface area (Å²) >= 11 is 0. The minimum atomic E-state index is 0.341. The van der Waals surface area contributed by atoms with Crippen molar-refractivity contribution in [2.75, 3.05) is 11.4 Å². The van der Waals surface area contributed by atoms with Gasteiger partial charge in [-0.3, -0.25) is 4.68 Å². The average molecular weight is 295 g/mol. The van der Waals surface area contributed by atoms with E-state index in [4.69, 9.17) is 0 Å². The molecule has 1 fully saturated rings. The molecule has 22 heavy (non-hydrogen) atoms. The molecule has 5 nitrogen and oxygen atoms in total. The third-order valence-electron chi connectivity index (χ3n) is 4.29. The number of rotatable bonds is 3. The van der Waals surface area contributed by atoms with Crippen molar-refractivity contribution < 1.29 is 0 Å². The van der Waals surface area contributed by atoms with Crippen LogP contribution in [0.15, 0.2) is 24.4 Å². The maximum absolute atomic E-state index is 9.34. The molecule has 1 unspecified atom stereocenters. The zero-order valence-electron chi connectivity index (χ0n) is 13.2. The summed E-state index contributed by atoms with van der Waals surface area (Å²) in [4.78, 5) is 6.76. The van der Waals surface area contributed by atoms with Crippen molar-refractivity contribution in [3.63, 3.8) is 0 Å². The predicted molar refractivity (Wildman–Crippen MR) is 85.6 cm³/mol. The standard InChI is InChI=1S/C17H21N5/c1-13-10-14(2)22(20-13)12-16-7-3-4-9-21(16)17-15(11-18)6-5-8-19-17/h5-6,8,10,16H,3-4,7,9,12H2,1-2H3. The minimum Gasteiger partial charge on any atom is -0.351 e. The lowest BCUT2D eigenvalue weighted by Crippen LogP contribution is -2.43. The van der Waals surface area contributed by atoms with Crippen LogP contribution < -0.4 is 4.90 Å². The normalized spacial score (nSPS) is 18.2. The lowest BCUT2D eigenvalue weighted by molar-refractivity contribution is 0.392. The molecule has 2 aromatic rings. The van der Waals surface area contributed by atoms with E-state index in [-0.39, 0.29) is 0 Å². The van der Waals surface area contributed by atoms with Gasteiger partial charge in [-0.05, 0) is 51.3 Å². The monoisotopic (exact) mass is 295 g/mol. The summed E-state index contributed by atoms with van der Waals surface area (Å²) in [6.07, 6.45) is 5.25. The van der Waals surface area contributed by atoms with Gasteiger partial charge in [0.25, 0.3) is 0 Å². The molecule has 114 valence electrons. The molecule has 3 rings (SSSR count). The van der Waals surface area contributed by atoms with Crippen molar-refractivity contribution >= 4 is 5.82 Å². The highest BCUT2D eigenvalue weighted by Gasteiger charge is 2.26. The molecule has 1 atom stereocenters. The Kier molecular flexibility index (Phi) is 4.10. The van der Waals surface area contributed by atoms with E-state index in [2.05, 4.69) is 38.7 Å².